The van der Waals surface area contributed by atoms with E-state index in [2.05, 4.69) is 52.3 Å². The summed E-state index contributed by atoms with van der Waals surface area (Å²) in [6.45, 7) is 2.55. The van der Waals surface area contributed by atoms with Crippen molar-refractivity contribution in [2.45, 2.75) is 44.1 Å². The lowest BCUT2D eigenvalue weighted by atomic mass is 9.88. The summed E-state index contributed by atoms with van der Waals surface area (Å²) in [5, 5.41) is 1.09. The Morgan fingerprint density at radius 1 is 0.902 bits per heavy atom. The van der Waals surface area contributed by atoms with Crippen LogP contribution in [0.2, 0.25) is 0 Å². The second kappa shape index (κ2) is 11.8. The Labute approximate surface area is 242 Å². The molecule has 1 atom stereocenters. The van der Waals surface area contributed by atoms with Crippen molar-refractivity contribution >= 4 is 26.8 Å². The van der Waals surface area contributed by atoms with Gasteiger partial charge in [0, 0.05) is 42.8 Å². The van der Waals surface area contributed by atoms with Gasteiger partial charge in [-0.3, -0.25) is 9.69 Å². The van der Waals surface area contributed by atoms with Crippen molar-refractivity contribution in [1.82, 2.24) is 14.2 Å². The Bertz CT molecular complexity index is 1610. The van der Waals surface area contributed by atoms with Crippen LogP contribution in [0.5, 0.6) is 0 Å². The zero-order valence-corrected chi connectivity index (χ0v) is 24.2. The molecule has 1 aromatic heterocycles. The van der Waals surface area contributed by atoms with Crippen molar-refractivity contribution in [2.24, 2.45) is 5.73 Å². The number of aromatic amines is 1. The van der Waals surface area contributed by atoms with E-state index in [4.69, 9.17) is 5.73 Å². The highest BCUT2D eigenvalue weighted by Crippen LogP contribution is 2.38. The number of fused-ring (bicyclic) bond motifs is 1. The summed E-state index contributed by atoms with van der Waals surface area (Å²) in [4.78, 5) is 17.6. The molecule has 1 amide bonds. The number of hydrogen-bond donors (Lipinski definition) is 2. The van der Waals surface area contributed by atoms with Gasteiger partial charge in [0.15, 0.2) is 0 Å². The molecule has 214 valence electrons. The molecular formula is C33H38N4O3S. The fourth-order valence-electron chi connectivity index (χ4n) is 6.74. The second-order valence-corrected chi connectivity index (χ2v) is 13.5. The van der Waals surface area contributed by atoms with Crippen molar-refractivity contribution in [3.63, 3.8) is 0 Å². The molecule has 7 nitrogen and oxygen atoms in total. The van der Waals surface area contributed by atoms with Gasteiger partial charge in [0.2, 0.25) is 15.9 Å². The number of nitrogens with two attached hydrogens (primary N) is 1. The van der Waals surface area contributed by atoms with E-state index in [1.54, 1.807) is 4.31 Å². The number of H-pyrrole nitrogens is 1. The first-order valence-electron chi connectivity index (χ1n) is 14.6. The Hall–Kier alpha value is -3.46. The number of rotatable bonds is 9. The number of nitrogens with zero attached hydrogens (tertiary/aromatic N) is 2. The van der Waals surface area contributed by atoms with Crippen LogP contribution < -0.4 is 5.73 Å². The molecule has 0 saturated carbocycles. The normalized spacial score (nSPS) is 19.2. The molecule has 3 aromatic carbocycles. The number of primary amides is 1. The Balaban J connectivity index is 1.15. The van der Waals surface area contributed by atoms with Gasteiger partial charge in [0.05, 0.1) is 12.2 Å². The van der Waals surface area contributed by atoms with Gasteiger partial charge in [-0.15, -0.1) is 0 Å². The summed E-state index contributed by atoms with van der Waals surface area (Å²) in [5.41, 5.74) is 12.0. The van der Waals surface area contributed by atoms with E-state index in [0.717, 1.165) is 59.8 Å². The summed E-state index contributed by atoms with van der Waals surface area (Å²) < 4.78 is 28.5. The third kappa shape index (κ3) is 5.96. The molecular weight excluding hydrogens is 532 g/mol. The first-order chi connectivity index (χ1) is 19.9. The van der Waals surface area contributed by atoms with E-state index >= 15 is 0 Å². The Morgan fingerprint density at radius 3 is 2.32 bits per heavy atom. The lowest BCUT2D eigenvalue weighted by molar-refractivity contribution is -0.117. The van der Waals surface area contributed by atoms with Crippen LogP contribution in [0.1, 0.15) is 54.3 Å². The maximum Gasteiger partial charge on any atom is 0.221 e. The van der Waals surface area contributed by atoms with Gasteiger partial charge >= 0.3 is 0 Å². The lowest BCUT2D eigenvalue weighted by Gasteiger charge is -2.32. The number of benzene rings is 3. The number of carbonyl (C=O) groups excluding carboxylic acids is 1. The number of aromatic nitrogens is 1. The van der Waals surface area contributed by atoms with E-state index < -0.39 is 10.0 Å². The number of nitrogens with one attached hydrogen (secondary N) is 1. The molecule has 6 rings (SSSR count). The summed E-state index contributed by atoms with van der Waals surface area (Å²) in [5.74, 6) is 0.0317. The van der Waals surface area contributed by atoms with Crippen LogP contribution in [0, 0.1) is 0 Å². The summed E-state index contributed by atoms with van der Waals surface area (Å²) >= 11 is 0. The first-order valence-corrected chi connectivity index (χ1v) is 16.2. The van der Waals surface area contributed by atoms with Gasteiger partial charge in [0.1, 0.15) is 0 Å². The number of amides is 1. The summed E-state index contributed by atoms with van der Waals surface area (Å²) in [6.07, 6.45) is 5.91. The number of likely N-dealkylation sites (tertiary alicyclic amines) is 1. The molecule has 0 spiro atoms. The van der Waals surface area contributed by atoms with E-state index in [9.17, 15) is 13.2 Å². The Morgan fingerprint density at radius 2 is 1.61 bits per heavy atom. The second-order valence-electron chi connectivity index (χ2n) is 11.4. The smallest absolute Gasteiger partial charge is 0.221 e. The SMILES string of the molecule is NC(=O)Cc1cc(-c2ccccc2)cc2c(C3CCN(S(=O)(=O)CCN4CCCC4c4ccccc4)CC3)c[nH]c12. The molecule has 3 N–H and O–H groups in total. The molecule has 3 heterocycles. The zero-order valence-electron chi connectivity index (χ0n) is 23.3. The van der Waals surface area contributed by atoms with Crippen molar-refractivity contribution in [1.29, 1.82) is 0 Å². The Kier molecular flexibility index (Phi) is 7.97. The fourth-order valence-corrected chi connectivity index (χ4v) is 8.23. The van der Waals surface area contributed by atoms with Crippen molar-refractivity contribution in [3.05, 3.63) is 95.7 Å². The third-order valence-electron chi connectivity index (χ3n) is 8.85. The molecule has 0 bridgehead atoms. The van der Waals surface area contributed by atoms with E-state index in [0.29, 0.717) is 25.7 Å². The van der Waals surface area contributed by atoms with Crippen LogP contribution >= 0.6 is 0 Å². The molecule has 2 aliphatic rings. The minimum Gasteiger partial charge on any atom is -0.369 e. The summed E-state index contributed by atoms with van der Waals surface area (Å²) in [6, 6.07) is 25.1. The van der Waals surface area contributed by atoms with Crippen LogP contribution in [-0.4, -0.2) is 60.4 Å². The van der Waals surface area contributed by atoms with Crippen molar-refractivity contribution < 1.29 is 13.2 Å². The average molecular weight is 571 g/mol. The topological polar surface area (TPSA) is 99.5 Å². The van der Waals surface area contributed by atoms with E-state index in [1.165, 1.54) is 11.1 Å². The molecule has 2 fully saturated rings. The third-order valence-corrected chi connectivity index (χ3v) is 10.7. The molecule has 41 heavy (non-hydrogen) atoms. The summed E-state index contributed by atoms with van der Waals surface area (Å²) in [7, 11) is -3.34. The van der Waals surface area contributed by atoms with Gasteiger partial charge < -0.3 is 10.7 Å². The van der Waals surface area contributed by atoms with Gasteiger partial charge in [-0.05, 0) is 78.1 Å². The average Bonchev–Trinajstić information content (AvgIpc) is 3.64. The molecule has 0 radical (unpaired) electrons. The number of sulfonamides is 1. The number of piperidine rings is 1. The standard InChI is InChI=1S/C33H38N4O3S/c34-32(38)22-28-20-27(24-8-3-1-4-9-24)21-29-30(23-35-33(28)29)25-13-16-37(17-14-25)41(39,40)19-18-36-15-7-12-31(36)26-10-5-2-6-11-26/h1-6,8-11,20-21,23,25,31,35H,7,12-19,22H2,(H2,34,38). The van der Waals surface area contributed by atoms with E-state index in [1.807, 2.05) is 36.5 Å². The van der Waals surface area contributed by atoms with Crippen LogP contribution in [0.4, 0.5) is 0 Å². The van der Waals surface area contributed by atoms with Crippen LogP contribution in [-0.2, 0) is 21.2 Å². The zero-order chi connectivity index (χ0) is 28.4. The van der Waals surface area contributed by atoms with Crippen LogP contribution in [0.25, 0.3) is 22.0 Å². The minimum atomic E-state index is -3.34. The highest BCUT2D eigenvalue weighted by molar-refractivity contribution is 7.89. The fraction of sp³-hybridized carbons (Fsp3) is 0.364. The van der Waals surface area contributed by atoms with Crippen molar-refractivity contribution in [3.8, 4) is 11.1 Å². The lowest BCUT2D eigenvalue weighted by Crippen LogP contribution is -2.41. The maximum absolute atomic E-state index is 13.4. The predicted octanol–water partition coefficient (Wildman–Crippen LogP) is 5.21. The number of carbonyl (C=O) groups is 1. The molecule has 4 aromatic rings. The van der Waals surface area contributed by atoms with Gasteiger partial charge in [-0.2, -0.15) is 0 Å². The van der Waals surface area contributed by atoms with Crippen molar-refractivity contribution in [2.75, 3.05) is 31.9 Å². The first kappa shape index (κ1) is 27.7. The highest BCUT2D eigenvalue weighted by atomic mass is 32.2. The van der Waals surface area contributed by atoms with Crippen LogP contribution in [0.15, 0.2) is 79.0 Å². The number of hydrogen-bond acceptors (Lipinski definition) is 4. The minimum absolute atomic E-state index is 0.158. The van der Waals surface area contributed by atoms with Gasteiger partial charge in [0.25, 0.3) is 0 Å². The molecule has 8 heteroatoms. The highest BCUT2D eigenvalue weighted by Gasteiger charge is 2.32. The van der Waals surface area contributed by atoms with Crippen LogP contribution in [0.3, 0.4) is 0 Å². The monoisotopic (exact) mass is 570 g/mol. The van der Waals surface area contributed by atoms with Gasteiger partial charge in [-0.25, -0.2) is 12.7 Å². The molecule has 2 aliphatic heterocycles. The quantitative estimate of drug-likeness (QED) is 0.289. The predicted molar refractivity (Wildman–Crippen MR) is 164 cm³/mol. The largest absolute Gasteiger partial charge is 0.369 e. The van der Waals surface area contributed by atoms with E-state index in [-0.39, 0.29) is 24.0 Å². The molecule has 2 saturated heterocycles. The van der Waals surface area contributed by atoms with Gasteiger partial charge in [-0.1, -0.05) is 60.7 Å². The molecule has 1 unspecified atom stereocenters. The maximum atomic E-state index is 13.4. The molecule has 0 aliphatic carbocycles.